The molecule has 1 aliphatic carbocycles. The number of methoxy groups -OCH3 is 1. The average Bonchev–Trinajstić information content (AvgIpc) is 2.78. The van der Waals surface area contributed by atoms with E-state index in [-0.39, 0.29) is 0 Å². The zero-order valence-corrected chi connectivity index (χ0v) is 20.5. The van der Waals surface area contributed by atoms with Crippen LogP contribution in [0.2, 0.25) is 0 Å². The summed E-state index contributed by atoms with van der Waals surface area (Å²) in [6.07, 6.45) is 3.08. The number of rotatable bonds is 8. The lowest BCUT2D eigenvalue weighted by Gasteiger charge is -2.17. The van der Waals surface area contributed by atoms with Crippen molar-refractivity contribution in [3.05, 3.63) is 59.5 Å². The first-order valence-electron chi connectivity index (χ1n) is 10.7. The standard InChI is InChI=1S/C24H29ClNO2.ClHO4/c1-4-26(5-2)20-11-14-22-19(8-6-7-15-25)16-23(28-24(22)17-20)18-9-12-21(27-3)13-10-18;2-1(3,4)5/h9-14,16-17H,4-8,15H2,1-3H3;(H,2,3,4,5)/q+1;/p-1. The maximum Gasteiger partial charge on any atom is 0.203 e. The lowest BCUT2D eigenvalue weighted by atomic mass is 9.97. The summed E-state index contributed by atoms with van der Waals surface area (Å²) in [5, 5.41) is 1.19. The largest absolute Gasteiger partial charge is 0.497 e. The summed E-state index contributed by atoms with van der Waals surface area (Å²) in [4.78, 5) is 0. The number of nitrogens with zero attached hydrogens (tertiary/aromatic N) is 1. The average molecular weight is 498 g/mol. The predicted molar refractivity (Wildman–Crippen MR) is 117 cm³/mol. The number of benzene rings is 2. The molecule has 0 aromatic heterocycles. The molecule has 33 heavy (non-hydrogen) atoms. The first-order chi connectivity index (χ1) is 15.7. The summed E-state index contributed by atoms with van der Waals surface area (Å²) in [7, 11) is -3.26. The van der Waals surface area contributed by atoms with E-state index >= 15 is 0 Å². The van der Waals surface area contributed by atoms with E-state index in [0.717, 1.165) is 55.2 Å². The Bertz CT molecular complexity index is 1030. The summed E-state index contributed by atoms with van der Waals surface area (Å²) in [6.45, 7) is 6.30. The molecule has 9 heteroatoms. The fourth-order valence-corrected chi connectivity index (χ4v) is 3.73. The van der Waals surface area contributed by atoms with Gasteiger partial charge in [-0.2, -0.15) is 0 Å². The molecule has 3 rings (SSSR count). The monoisotopic (exact) mass is 497 g/mol. The number of unbranched alkanes of at least 4 members (excludes halogenated alkanes) is 1. The summed E-state index contributed by atoms with van der Waals surface area (Å²) in [5.41, 5.74) is 3.54. The Morgan fingerprint density at radius 2 is 1.55 bits per heavy atom. The highest BCUT2D eigenvalue weighted by atomic mass is 35.7. The number of halogens is 2. The molecule has 0 amide bonds. The lowest BCUT2D eigenvalue weighted by Crippen LogP contribution is -2.68. The van der Waals surface area contributed by atoms with Crippen LogP contribution in [0.25, 0.3) is 22.6 Å². The van der Waals surface area contributed by atoms with E-state index in [9.17, 15) is 0 Å². The minimum atomic E-state index is -4.94. The van der Waals surface area contributed by atoms with Gasteiger partial charge in [0.15, 0.2) is 0 Å². The minimum absolute atomic E-state index is 0.701. The Labute approximate surface area is 201 Å². The van der Waals surface area contributed by atoms with Gasteiger partial charge in [0, 0.05) is 23.1 Å². The molecule has 0 unspecified atom stereocenters. The number of aryl methyl sites for hydroxylation is 1. The van der Waals surface area contributed by atoms with Crippen LogP contribution in [0.15, 0.2) is 52.9 Å². The summed E-state index contributed by atoms with van der Waals surface area (Å²) >= 11 is 5.89. The van der Waals surface area contributed by atoms with Crippen LogP contribution in [0.4, 0.5) is 0 Å². The molecule has 0 saturated heterocycles. The number of alkyl halides is 1. The molecular weight excluding hydrogens is 469 g/mol. The number of fused-ring (bicyclic) bond motifs is 1. The van der Waals surface area contributed by atoms with E-state index in [1.54, 1.807) is 7.11 Å². The van der Waals surface area contributed by atoms with Gasteiger partial charge in [0.25, 0.3) is 0 Å². The third kappa shape index (κ3) is 8.62. The van der Waals surface area contributed by atoms with E-state index in [4.69, 9.17) is 39.4 Å². The molecule has 0 radical (unpaired) electrons. The highest BCUT2D eigenvalue weighted by Crippen LogP contribution is 2.33. The van der Waals surface area contributed by atoms with Gasteiger partial charge in [-0.15, -0.1) is 21.8 Å². The molecule has 1 aromatic rings. The van der Waals surface area contributed by atoms with Crippen LogP contribution in [0.1, 0.15) is 32.3 Å². The Kier molecular flexibility index (Phi) is 10.6. The van der Waals surface area contributed by atoms with Gasteiger partial charge in [0.2, 0.25) is 5.36 Å². The van der Waals surface area contributed by atoms with Crippen molar-refractivity contribution < 1.29 is 38.0 Å². The molecule has 1 heterocycles. The van der Waals surface area contributed by atoms with Gasteiger partial charge in [-0.25, -0.2) is 23.2 Å². The lowest BCUT2D eigenvalue weighted by molar-refractivity contribution is -2.00. The number of hydrogen-bond acceptors (Lipinski definition) is 6. The van der Waals surface area contributed by atoms with Crippen molar-refractivity contribution in [1.82, 2.24) is 4.58 Å². The Morgan fingerprint density at radius 3 is 2.09 bits per heavy atom. The molecule has 0 N–H and O–H groups in total. The second-order valence-corrected chi connectivity index (χ2v) is 8.38. The maximum absolute atomic E-state index is 8.49. The van der Waals surface area contributed by atoms with Gasteiger partial charge < -0.3 is 9.15 Å². The fourth-order valence-electron chi connectivity index (χ4n) is 3.54. The van der Waals surface area contributed by atoms with Crippen LogP contribution < -0.4 is 33.3 Å². The molecule has 0 atom stereocenters. The Hall–Kier alpha value is -2.13. The molecule has 1 aromatic carbocycles. The smallest absolute Gasteiger partial charge is 0.203 e. The van der Waals surface area contributed by atoms with E-state index in [1.807, 2.05) is 24.3 Å². The molecule has 180 valence electrons. The number of hydrogen-bond donors (Lipinski definition) is 0. The SMILES string of the molecule is CC[N+](CC)=c1ccc2c(CCCCCl)cc(-c3ccc(OC)cc3)oc-2c1.[O-][Cl+3]([O-])([O-])[O-]. The van der Waals surface area contributed by atoms with Crippen LogP contribution in [-0.2, 0) is 6.42 Å². The van der Waals surface area contributed by atoms with Gasteiger partial charge >= 0.3 is 0 Å². The van der Waals surface area contributed by atoms with E-state index in [2.05, 4.69) is 42.7 Å². The number of ether oxygens (including phenoxy) is 1. The van der Waals surface area contributed by atoms with Gasteiger partial charge in [0.05, 0.1) is 13.2 Å². The van der Waals surface area contributed by atoms with Gasteiger partial charge in [-0.1, -0.05) is 0 Å². The van der Waals surface area contributed by atoms with Crippen molar-refractivity contribution in [3.63, 3.8) is 0 Å². The predicted octanol–water partition coefficient (Wildman–Crippen LogP) is 0.678. The molecule has 7 nitrogen and oxygen atoms in total. The van der Waals surface area contributed by atoms with Crippen molar-refractivity contribution >= 4 is 11.6 Å². The molecule has 0 fully saturated rings. The van der Waals surface area contributed by atoms with Crippen molar-refractivity contribution in [2.24, 2.45) is 0 Å². The summed E-state index contributed by atoms with van der Waals surface area (Å²) in [5.74, 6) is 3.36. The van der Waals surface area contributed by atoms with Crippen LogP contribution in [0.5, 0.6) is 5.75 Å². The van der Waals surface area contributed by atoms with E-state index < -0.39 is 10.2 Å². The summed E-state index contributed by atoms with van der Waals surface area (Å²) < 4.78 is 47.9. The van der Waals surface area contributed by atoms with Crippen molar-refractivity contribution in [2.75, 3.05) is 26.1 Å². The first-order valence-corrected chi connectivity index (χ1v) is 12.4. The second kappa shape index (κ2) is 12.9. The zero-order valence-electron chi connectivity index (χ0n) is 19.0. The highest BCUT2D eigenvalue weighted by molar-refractivity contribution is 6.17. The highest BCUT2D eigenvalue weighted by Gasteiger charge is 2.15. The summed E-state index contributed by atoms with van der Waals surface area (Å²) in [6, 6.07) is 16.8. The second-order valence-electron chi connectivity index (χ2n) is 7.24. The van der Waals surface area contributed by atoms with E-state index in [0.29, 0.717) is 5.88 Å². The Morgan fingerprint density at radius 1 is 0.909 bits per heavy atom. The maximum atomic E-state index is 8.49. The molecule has 2 aliphatic rings. The minimum Gasteiger partial charge on any atom is -0.497 e. The fraction of sp³-hybridized carbons (Fsp3) is 0.375. The molecule has 0 saturated carbocycles. The van der Waals surface area contributed by atoms with Crippen molar-refractivity contribution in [2.45, 2.75) is 33.1 Å². The quantitative estimate of drug-likeness (QED) is 0.256. The topological polar surface area (TPSA) is 118 Å². The van der Waals surface area contributed by atoms with Crippen LogP contribution in [-0.4, -0.2) is 26.1 Å². The van der Waals surface area contributed by atoms with Crippen LogP contribution >= 0.6 is 11.6 Å². The first kappa shape index (κ1) is 27.1. The van der Waals surface area contributed by atoms with Gasteiger partial charge in [-0.3, -0.25) is 0 Å². The normalized spacial score (nSPS) is 11.2. The van der Waals surface area contributed by atoms with Crippen LogP contribution in [0, 0.1) is 10.2 Å². The molecule has 0 bridgehead atoms. The molecular formula is C24H29Cl2NO6. The van der Waals surface area contributed by atoms with Crippen molar-refractivity contribution in [3.8, 4) is 28.4 Å². The Balaban J connectivity index is 0.000000696. The molecule has 1 aliphatic heterocycles. The third-order valence-electron chi connectivity index (χ3n) is 5.17. The zero-order chi connectivity index (χ0) is 24.4. The van der Waals surface area contributed by atoms with Gasteiger partial charge in [-0.05, 0) is 75.1 Å². The third-order valence-corrected chi connectivity index (χ3v) is 5.44. The molecule has 0 spiro atoms. The van der Waals surface area contributed by atoms with Crippen LogP contribution in [0.3, 0.4) is 0 Å². The van der Waals surface area contributed by atoms with Crippen molar-refractivity contribution in [1.29, 1.82) is 0 Å². The van der Waals surface area contributed by atoms with E-state index in [1.165, 1.54) is 16.5 Å². The van der Waals surface area contributed by atoms with Gasteiger partial charge in [0.1, 0.15) is 30.4 Å².